The third-order valence-electron chi connectivity index (χ3n) is 4.62. The number of morpholine rings is 1. The normalized spacial score (nSPS) is 15.4. The quantitative estimate of drug-likeness (QED) is 0.691. The lowest BCUT2D eigenvalue weighted by molar-refractivity contribution is 0.0730. The Labute approximate surface area is 181 Å². The average molecular weight is 454 g/mol. The van der Waals surface area contributed by atoms with Gasteiger partial charge in [-0.05, 0) is 32.0 Å². The number of hydrogen-bond donors (Lipinski definition) is 1. The summed E-state index contributed by atoms with van der Waals surface area (Å²) >= 11 is 1.34. The summed E-state index contributed by atoms with van der Waals surface area (Å²) in [5, 5.41) is 3.70. The van der Waals surface area contributed by atoms with Crippen molar-refractivity contribution in [1.82, 2.24) is 9.29 Å². The zero-order valence-electron chi connectivity index (χ0n) is 17.6. The molecule has 2 heterocycles. The highest BCUT2D eigenvalue weighted by Gasteiger charge is 2.28. The summed E-state index contributed by atoms with van der Waals surface area (Å²) in [5.41, 5.74) is 0.964. The van der Waals surface area contributed by atoms with E-state index in [4.69, 9.17) is 9.47 Å². The first kappa shape index (κ1) is 22.7. The molecule has 0 radical (unpaired) electrons. The summed E-state index contributed by atoms with van der Waals surface area (Å²) < 4.78 is 38.3. The molecule has 0 spiro atoms. The van der Waals surface area contributed by atoms with E-state index in [1.165, 1.54) is 27.8 Å². The van der Waals surface area contributed by atoms with Crippen LogP contribution in [0.5, 0.6) is 5.75 Å². The molecule has 2 aromatic rings. The van der Waals surface area contributed by atoms with E-state index in [2.05, 4.69) is 10.3 Å². The molecule has 0 atom stereocenters. The van der Waals surface area contributed by atoms with Gasteiger partial charge in [0, 0.05) is 19.0 Å². The predicted molar refractivity (Wildman–Crippen MR) is 116 cm³/mol. The van der Waals surface area contributed by atoms with Crippen molar-refractivity contribution in [1.29, 1.82) is 0 Å². The van der Waals surface area contributed by atoms with Crippen molar-refractivity contribution in [2.45, 2.75) is 38.5 Å². The van der Waals surface area contributed by atoms with E-state index >= 15 is 0 Å². The zero-order valence-corrected chi connectivity index (χ0v) is 19.2. The van der Waals surface area contributed by atoms with Crippen LogP contribution in [0.3, 0.4) is 0 Å². The number of ether oxygens (including phenoxy) is 2. The lowest BCUT2D eigenvalue weighted by Gasteiger charge is -2.26. The zero-order chi connectivity index (χ0) is 21.9. The number of carbonyl (C=O) groups excluding carboxylic acids is 1. The van der Waals surface area contributed by atoms with Crippen molar-refractivity contribution in [2.24, 2.45) is 0 Å². The van der Waals surface area contributed by atoms with Crippen LogP contribution in [0, 0.1) is 6.92 Å². The fraction of sp³-hybridized carbons (Fsp3) is 0.500. The van der Waals surface area contributed by atoms with Crippen LogP contribution in [-0.4, -0.2) is 56.5 Å². The van der Waals surface area contributed by atoms with E-state index in [-0.39, 0.29) is 16.7 Å². The lowest BCUT2D eigenvalue weighted by atomic mass is 10.2. The van der Waals surface area contributed by atoms with Crippen molar-refractivity contribution in [2.75, 3.05) is 38.2 Å². The Kier molecular flexibility index (Phi) is 7.12. The Morgan fingerprint density at radius 3 is 2.63 bits per heavy atom. The number of sulfonamides is 1. The fourth-order valence-electron chi connectivity index (χ4n) is 3.04. The largest absolute Gasteiger partial charge is 0.492 e. The Balaban J connectivity index is 1.92. The van der Waals surface area contributed by atoms with Gasteiger partial charge < -0.3 is 14.8 Å². The number of benzene rings is 1. The van der Waals surface area contributed by atoms with Crippen LogP contribution >= 0.6 is 11.3 Å². The molecule has 1 aliphatic rings. The number of nitrogens with one attached hydrogen (secondary N) is 1. The van der Waals surface area contributed by atoms with Crippen molar-refractivity contribution < 1.29 is 22.7 Å². The van der Waals surface area contributed by atoms with Gasteiger partial charge in [0.1, 0.15) is 10.6 Å². The van der Waals surface area contributed by atoms with Crippen molar-refractivity contribution >= 4 is 33.0 Å². The molecule has 1 saturated heterocycles. The maximum absolute atomic E-state index is 13.0. The van der Waals surface area contributed by atoms with Gasteiger partial charge in [-0.15, -0.1) is 11.3 Å². The molecule has 3 rings (SSSR count). The minimum Gasteiger partial charge on any atom is -0.492 e. The van der Waals surface area contributed by atoms with Crippen LogP contribution in [0.15, 0.2) is 23.1 Å². The highest BCUT2D eigenvalue weighted by molar-refractivity contribution is 7.89. The molecule has 10 heteroatoms. The van der Waals surface area contributed by atoms with Crippen LogP contribution in [0.2, 0.25) is 0 Å². The lowest BCUT2D eigenvalue weighted by Crippen LogP contribution is -2.40. The summed E-state index contributed by atoms with van der Waals surface area (Å²) in [6.45, 7) is 9.37. The van der Waals surface area contributed by atoms with Gasteiger partial charge in [0.25, 0.3) is 5.91 Å². The summed E-state index contributed by atoms with van der Waals surface area (Å²) in [7, 11) is -3.70. The number of aryl methyl sites for hydroxylation is 1. The molecule has 0 aliphatic carbocycles. The number of thiazole rings is 1. The van der Waals surface area contributed by atoms with Crippen LogP contribution < -0.4 is 10.1 Å². The third-order valence-corrected chi connectivity index (χ3v) is 7.97. The molecule has 0 saturated carbocycles. The molecular formula is C20H27N3O5S2. The highest BCUT2D eigenvalue weighted by Crippen LogP contribution is 2.31. The minimum atomic E-state index is -3.70. The molecule has 0 bridgehead atoms. The second kappa shape index (κ2) is 9.42. The van der Waals surface area contributed by atoms with Gasteiger partial charge in [-0.1, -0.05) is 13.8 Å². The molecule has 8 nitrogen and oxygen atoms in total. The summed E-state index contributed by atoms with van der Waals surface area (Å²) in [5.74, 6) is 0.299. The fourth-order valence-corrected chi connectivity index (χ4v) is 5.44. The molecule has 164 valence electrons. The van der Waals surface area contributed by atoms with Crippen molar-refractivity contribution in [3.63, 3.8) is 0 Å². The van der Waals surface area contributed by atoms with Gasteiger partial charge >= 0.3 is 0 Å². The van der Waals surface area contributed by atoms with Crippen molar-refractivity contribution in [3.8, 4) is 5.75 Å². The Morgan fingerprint density at radius 2 is 2.03 bits per heavy atom. The predicted octanol–water partition coefficient (Wildman–Crippen LogP) is 3.25. The second-order valence-electron chi connectivity index (χ2n) is 7.18. The van der Waals surface area contributed by atoms with E-state index in [0.29, 0.717) is 54.9 Å². The summed E-state index contributed by atoms with van der Waals surface area (Å²) in [6.07, 6.45) is 0. The number of carbonyl (C=O) groups is 1. The Hall–Kier alpha value is -2.01. The first-order chi connectivity index (χ1) is 14.2. The Bertz CT molecular complexity index is 1010. The monoisotopic (exact) mass is 453 g/mol. The third kappa shape index (κ3) is 4.83. The molecule has 30 heavy (non-hydrogen) atoms. The first-order valence-electron chi connectivity index (χ1n) is 9.87. The van der Waals surface area contributed by atoms with Gasteiger partial charge in [-0.3, -0.25) is 4.79 Å². The first-order valence-corrected chi connectivity index (χ1v) is 12.1. The molecule has 1 aromatic carbocycles. The second-order valence-corrected chi connectivity index (χ2v) is 10.2. The summed E-state index contributed by atoms with van der Waals surface area (Å²) in [6, 6.07) is 4.53. The molecule has 1 aromatic heterocycles. The van der Waals surface area contributed by atoms with Crippen molar-refractivity contribution in [3.05, 3.63) is 33.8 Å². The minimum absolute atomic E-state index is 0.104. The standard InChI is InChI=1S/C20H27N3O5S2/c1-5-28-17-7-6-15(30(25,26)23-8-10-27-11-9-23)12-16(17)22-19(24)18-14(4)21-20(29-18)13(2)3/h6-7,12-13H,5,8-11H2,1-4H3,(H,22,24). The highest BCUT2D eigenvalue weighted by atomic mass is 32.2. The smallest absolute Gasteiger partial charge is 0.267 e. The number of amides is 1. The Morgan fingerprint density at radius 1 is 1.33 bits per heavy atom. The topological polar surface area (TPSA) is 97.8 Å². The number of anilines is 1. The molecule has 1 fully saturated rings. The number of nitrogens with zero attached hydrogens (tertiary/aromatic N) is 2. The maximum Gasteiger partial charge on any atom is 0.267 e. The number of aromatic nitrogens is 1. The number of rotatable bonds is 7. The number of hydrogen-bond acceptors (Lipinski definition) is 7. The van der Waals surface area contributed by atoms with Gasteiger partial charge in [0.05, 0.1) is 41.1 Å². The van der Waals surface area contributed by atoms with E-state index in [1.807, 2.05) is 20.8 Å². The maximum atomic E-state index is 13.0. The van der Waals surface area contributed by atoms with Crippen LogP contribution in [-0.2, 0) is 14.8 Å². The van der Waals surface area contributed by atoms with Gasteiger partial charge in [0.15, 0.2) is 0 Å². The van der Waals surface area contributed by atoms with Crippen LogP contribution in [0.4, 0.5) is 5.69 Å². The van der Waals surface area contributed by atoms with Gasteiger partial charge in [0.2, 0.25) is 10.0 Å². The average Bonchev–Trinajstić information content (AvgIpc) is 3.12. The molecule has 0 unspecified atom stereocenters. The van der Waals surface area contributed by atoms with E-state index in [1.54, 1.807) is 13.0 Å². The molecular weight excluding hydrogens is 426 g/mol. The molecule has 1 N–H and O–H groups in total. The SMILES string of the molecule is CCOc1ccc(S(=O)(=O)N2CCOCC2)cc1NC(=O)c1sc(C(C)C)nc1C. The van der Waals surface area contributed by atoms with E-state index in [9.17, 15) is 13.2 Å². The van der Waals surface area contributed by atoms with Crippen LogP contribution in [0.1, 0.15) is 47.1 Å². The summed E-state index contributed by atoms with van der Waals surface area (Å²) in [4.78, 5) is 18.0. The van der Waals surface area contributed by atoms with Gasteiger partial charge in [-0.2, -0.15) is 4.31 Å². The van der Waals surface area contributed by atoms with E-state index < -0.39 is 10.0 Å². The molecule has 1 amide bonds. The van der Waals surface area contributed by atoms with Gasteiger partial charge in [-0.25, -0.2) is 13.4 Å². The van der Waals surface area contributed by atoms with E-state index in [0.717, 1.165) is 5.01 Å². The molecule has 1 aliphatic heterocycles. The van der Waals surface area contributed by atoms with Crippen LogP contribution in [0.25, 0.3) is 0 Å².